The van der Waals surface area contributed by atoms with Gasteiger partial charge in [-0.15, -0.1) is 0 Å². The van der Waals surface area contributed by atoms with Gasteiger partial charge in [-0.2, -0.15) is 0 Å². The molecule has 118 valence electrons. The molecule has 0 saturated carbocycles. The zero-order valence-electron chi connectivity index (χ0n) is 14.1. The number of nitrogens with one attached hydrogen (secondary N) is 1. The topological polar surface area (TPSA) is 15.3 Å². The normalized spacial score (nSPS) is 19.6. The highest BCUT2D eigenvalue weighted by molar-refractivity contribution is 5.55. The Morgan fingerprint density at radius 3 is 2.76 bits per heavy atom. The average Bonchev–Trinajstić information content (AvgIpc) is 2.73. The largest absolute Gasteiger partial charge is 0.368 e. The minimum atomic E-state index is 0.732. The molecule has 0 aromatic heterocycles. The summed E-state index contributed by atoms with van der Waals surface area (Å²) in [4.78, 5) is 2.67. The Morgan fingerprint density at radius 2 is 2.05 bits per heavy atom. The molecule has 1 aliphatic rings. The van der Waals surface area contributed by atoms with Crippen LogP contribution in [0, 0.1) is 6.92 Å². The van der Waals surface area contributed by atoms with Gasteiger partial charge in [-0.05, 0) is 56.3 Å². The van der Waals surface area contributed by atoms with Gasteiger partial charge in [0.25, 0.3) is 0 Å². The van der Waals surface area contributed by atoms with E-state index in [1.165, 1.54) is 61.9 Å². The van der Waals surface area contributed by atoms with E-state index in [4.69, 9.17) is 0 Å². The fourth-order valence-electron chi connectivity index (χ4n) is 3.48. The molecule has 0 bridgehead atoms. The summed E-state index contributed by atoms with van der Waals surface area (Å²) < 4.78 is 0. The van der Waals surface area contributed by atoms with Crippen molar-refractivity contribution in [1.29, 1.82) is 0 Å². The van der Waals surface area contributed by atoms with Gasteiger partial charge in [-0.25, -0.2) is 0 Å². The molecular weight excluding hydrogens is 256 g/mol. The molecule has 1 N–H and O–H groups in total. The number of hydrogen-bond acceptors (Lipinski definition) is 2. The number of rotatable bonds is 6. The Kier molecular flexibility index (Phi) is 6.56. The lowest BCUT2D eigenvalue weighted by Crippen LogP contribution is -2.34. The molecule has 1 atom stereocenters. The van der Waals surface area contributed by atoms with Crippen LogP contribution in [0.25, 0.3) is 0 Å². The number of benzene rings is 1. The minimum Gasteiger partial charge on any atom is -0.368 e. The minimum absolute atomic E-state index is 0.732. The van der Waals surface area contributed by atoms with Gasteiger partial charge in [0.05, 0.1) is 0 Å². The second-order valence-electron chi connectivity index (χ2n) is 6.40. The van der Waals surface area contributed by atoms with Crippen LogP contribution in [0.3, 0.4) is 0 Å². The number of aryl methyl sites for hydroxylation is 1. The molecule has 1 saturated heterocycles. The van der Waals surface area contributed by atoms with Gasteiger partial charge < -0.3 is 10.2 Å². The highest BCUT2D eigenvalue weighted by Crippen LogP contribution is 2.29. The summed E-state index contributed by atoms with van der Waals surface area (Å²) in [7, 11) is 0. The predicted molar refractivity (Wildman–Crippen MR) is 93.1 cm³/mol. The molecule has 0 aliphatic carbocycles. The maximum atomic E-state index is 3.49. The monoisotopic (exact) mass is 288 g/mol. The van der Waals surface area contributed by atoms with Crippen molar-refractivity contribution in [3.63, 3.8) is 0 Å². The highest BCUT2D eigenvalue weighted by Gasteiger charge is 2.20. The number of hydrogen-bond donors (Lipinski definition) is 1. The summed E-state index contributed by atoms with van der Waals surface area (Å²) in [6, 6.07) is 7.76. The van der Waals surface area contributed by atoms with E-state index in [1.807, 2.05) is 0 Å². The van der Waals surface area contributed by atoms with E-state index in [9.17, 15) is 0 Å². The first-order chi connectivity index (χ1) is 10.3. The van der Waals surface area contributed by atoms with E-state index in [1.54, 1.807) is 0 Å². The molecule has 1 aromatic carbocycles. The Morgan fingerprint density at radius 1 is 1.19 bits per heavy atom. The molecule has 1 unspecified atom stereocenters. The zero-order chi connectivity index (χ0) is 15.1. The first-order valence-electron chi connectivity index (χ1n) is 8.83. The van der Waals surface area contributed by atoms with Crippen molar-refractivity contribution in [3.8, 4) is 0 Å². The zero-order valence-corrected chi connectivity index (χ0v) is 14.1. The standard InChI is InChI=1S/C19H32N2/c1-4-12-20-15-17-10-11-19(16(3)14-17)21-13-8-6-7-9-18(21)5-2/h10-11,14,18,20H,4-9,12-13,15H2,1-3H3. The Bertz CT molecular complexity index is 428. The maximum Gasteiger partial charge on any atom is 0.0398 e. The van der Waals surface area contributed by atoms with E-state index >= 15 is 0 Å². The van der Waals surface area contributed by atoms with Crippen molar-refractivity contribution in [2.24, 2.45) is 0 Å². The molecule has 1 heterocycles. The van der Waals surface area contributed by atoms with Gasteiger partial charge in [-0.3, -0.25) is 0 Å². The summed E-state index contributed by atoms with van der Waals surface area (Å²) in [5.41, 5.74) is 4.31. The first kappa shape index (κ1) is 16.4. The summed E-state index contributed by atoms with van der Waals surface area (Å²) >= 11 is 0. The van der Waals surface area contributed by atoms with Crippen LogP contribution < -0.4 is 10.2 Å². The number of nitrogens with zero attached hydrogens (tertiary/aromatic N) is 1. The third kappa shape index (κ3) is 4.47. The van der Waals surface area contributed by atoms with Crippen LogP contribution in [0.1, 0.15) is 63.5 Å². The van der Waals surface area contributed by atoms with Crippen molar-refractivity contribution < 1.29 is 0 Å². The molecule has 2 heteroatoms. The fourth-order valence-corrected chi connectivity index (χ4v) is 3.48. The van der Waals surface area contributed by atoms with Gasteiger partial charge in [0.15, 0.2) is 0 Å². The van der Waals surface area contributed by atoms with Gasteiger partial charge in [0, 0.05) is 24.8 Å². The van der Waals surface area contributed by atoms with Crippen LogP contribution in [0.4, 0.5) is 5.69 Å². The van der Waals surface area contributed by atoms with E-state index in [2.05, 4.69) is 49.2 Å². The second-order valence-corrected chi connectivity index (χ2v) is 6.40. The van der Waals surface area contributed by atoms with E-state index in [0.717, 1.165) is 19.1 Å². The molecule has 2 rings (SSSR count). The molecule has 2 nitrogen and oxygen atoms in total. The Hall–Kier alpha value is -1.02. The van der Waals surface area contributed by atoms with Gasteiger partial charge in [0.1, 0.15) is 0 Å². The molecule has 0 amide bonds. The van der Waals surface area contributed by atoms with Crippen molar-refractivity contribution >= 4 is 5.69 Å². The lowest BCUT2D eigenvalue weighted by Gasteiger charge is -2.33. The number of anilines is 1. The third-order valence-electron chi connectivity index (χ3n) is 4.67. The predicted octanol–water partition coefficient (Wildman–Crippen LogP) is 4.65. The Balaban J connectivity index is 2.10. The fraction of sp³-hybridized carbons (Fsp3) is 0.684. The SMILES string of the molecule is CCCNCc1ccc(N2CCCCCC2CC)c(C)c1. The molecule has 0 spiro atoms. The van der Waals surface area contributed by atoms with Gasteiger partial charge >= 0.3 is 0 Å². The maximum absolute atomic E-state index is 3.49. The molecule has 21 heavy (non-hydrogen) atoms. The molecular formula is C19H32N2. The van der Waals surface area contributed by atoms with E-state index < -0.39 is 0 Å². The van der Waals surface area contributed by atoms with Crippen molar-refractivity contribution in [1.82, 2.24) is 5.32 Å². The average molecular weight is 288 g/mol. The highest BCUT2D eigenvalue weighted by atomic mass is 15.2. The lowest BCUT2D eigenvalue weighted by molar-refractivity contribution is 0.555. The van der Waals surface area contributed by atoms with E-state index in [-0.39, 0.29) is 0 Å². The van der Waals surface area contributed by atoms with Crippen LogP contribution in [-0.4, -0.2) is 19.1 Å². The van der Waals surface area contributed by atoms with Gasteiger partial charge in [-0.1, -0.05) is 38.8 Å². The lowest BCUT2D eigenvalue weighted by atomic mass is 10.0. The molecule has 1 aromatic rings. The van der Waals surface area contributed by atoms with Gasteiger partial charge in [0.2, 0.25) is 0 Å². The Labute approximate surface area is 130 Å². The molecule has 1 fully saturated rings. The van der Waals surface area contributed by atoms with Crippen LogP contribution in [0.2, 0.25) is 0 Å². The molecule has 0 radical (unpaired) electrons. The van der Waals surface area contributed by atoms with Crippen LogP contribution >= 0.6 is 0 Å². The second kappa shape index (κ2) is 8.43. The van der Waals surface area contributed by atoms with Crippen molar-refractivity contribution in [2.45, 2.75) is 71.9 Å². The summed E-state index contributed by atoms with van der Waals surface area (Å²) in [6.45, 7) is 10.1. The summed E-state index contributed by atoms with van der Waals surface area (Å²) in [5, 5.41) is 3.49. The summed E-state index contributed by atoms with van der Waals surface area (Å²) in [5.74, 6) is 0. The van der Waals surface area contributed by atoms with Crippen molar-refractivity contribution in [2.75, 3.05) is 18.0 Å². The first-order valence-corrected chi connectivity index (χ1v) is 8.83. The van der Waals surface area contributed by atoms with Crippen molar-refractivity contribution in [3.05, 3.63) is 29.3 Å². The summed E-state index contributed by atoms with van der Waals surface area (Å²) in [6.07, 6.45) is 7.95. The quantitative estimate of drug-likeness (QED) is 0.766. The van der Waals surface area contributed by atoms with E-state index in [0.29, 0.717) is 0 Å². The molecule has 1 aliphatic heterocycles. The third-order valence-corrected chi connectivity index (χ3v) is 4.67. The van der Waals surface area contributed by atoms with Crippen LogP contribution in [-0.2, 0) is 6.54 Å². The smallest absolute Gasteiger partial charge is 0.0398 e. The van der Waals surface area contributed by atoms with Crippen LogP contribution in [0.5, 0.6) is 0 Å². The van der Waals surface area contributed by atoms with Crippen LogP contribution in [0.15, 0.2) is 18.2 Å².